The third kappa shape index (κ3) is 3.16. The number of hydrogen-bond donors (Lipinski definition) is 0. The molecule has 0 unspecified atom stereocenters. The first-order valence-electron chi connectivity index (χ1n) is 7.97. The van der Waals surface area contributed by atoms with Gasteiger partial charge in [-0.15, -0.1) is 11.3 Å². The molecule has 3 aromatic heterocycles. The number of rotatable bonds is 4. The summed E-state index contributed by atoms with van der Waals surface area (Å²) in [4.78, 5) is 32.7. The minimum Gasteiger partial charge on any atom is -0.290 e. The van der Waals surface area contributed by atoms with Crippen LogP contribution in [0.4, 0.5) is 10.1 Å². The Morgan fingerprint density at radius 2 is 2.00 bits per heavy atom. The molecular formula is C18H11FN4O3S2. The fraction of sp³-hybridized carbons (Fsp3) is 0.0556. The molecule has 7 nitrogen and oxygen atoms in total. The van der Waals surface area contributed by atoms with E-state index in [4.69, 9.17) is 0 Å². The number of halogens is 1. The van der Waals surface area contributed by atoms with Crippen molar-refractivity contribution in [1.29, 1.82) is 0 Å². The number of aromatic nitrogens is 3. The lowest BCUT2D eigenvalue weighted by molar-refractivity contribution is -0.388. The van der Waals surface area contributed by atoms with Gasteiger partial charge in [-0.25, -0.2) is 14.4 Å². The molecule has 0 bridgehead atoms. The zero-order valence-corrected chi connectivity index (χ0v) is 16.0. The summed E-state index contributed by atoms with van der Waals surface area (Å²) in [5.41, 5.74) is 0.951. The molecular weight excluding hydrogens is 403 g/mol. The lowest BCUT2D eigenvalue weighted by Gasteiger charge is -2.07. The minimum atomic E-state index is -0.524. The van der Waals surface area contributed by atoms with Crippen LogP contribution in [0.25, 0.3) is 21.3 Å². The standard InChI is InChI=1S/C18H11FN4O3S2/c1-22-17(24)14-12(10-4-6-11(19)7-5-10)9-27-16(14)21-18(22)28-15-13(23(25)26)3-2-8-20-15/h2-9H,1H3. The van der Waals surface area contributed by atoms with E-state index in [9.17, 15) is 19.3 Å². The van der Waals surface area contributed by atoms with Gasteiger partial charge in [0.1, 0.15) is 10.6 Å². The molecule has 0 radical (unpaired) electrons. The Hall–Kier alpha value is -3.11. The summed E-state index contributed by atoms with van der Waals surface area (Å²) in [5, 5.41) is 13.9. The Labute approximate surface area is 165 Å². The summed E-state index contributed by atoms with van der Waals surface area (Å²) in [6.07, 6.45) is 1.45. The number of benzene rings is 1. The summed E-state index contributed by atoms with van der Waals surface area (Å²) in [6.45, 7) is 0. The van der Waals surface area contributed by atoms with Crippen molar-refractivity contribution in [3.05, 3.63) is 74.3 Å². The molecule has 0 spiro atoms. The van der Waals surface area contributed by atoms with Crippen LogP contribution in [-0.4, -0.2) is 19.5 Å². The van der Waals surface area contributed by atoms with E-state index >= 15 is 0 Å². The van der Waals surface area contributed by atoms with E-state index in [2.05, 4.69) is 9.97 Å². The molecule has 1 aromatic carbocycles. The first kappa shape index (κ1) is 18.3. The van der Waals surface area contributed by atoms with Crippen molar-refractivity contribution < 1.29 is 9.31 Å². The van der Waals surface area contributed by atoms with Crippen LogP contribution in [0.15, 0.2) is 63.0 Å². The Kier molecular flexibility index (Phi) is 4.65. The SMILES string of the molecule is Cn1c(Sc2ncccc2[N+](=O)[O-])nc2scc(-c3ccc(F)cc3)c2c1=O. The Morgan fingerprint density at radius 3 is 2.71 bits per heavy atom. The van der Waals surface area contributed by atoms with Crippen molar-refractivity contribution in [3.63, 3.8) is 0 Å². The van der Waals surface area contributed by atoms with Crippen LogP contribution in [0.2, 0.25) is 0 Å². The fourth-order valence-corrected chi connectivity index (χ4v) is 4.56. The van der Waals surface area contributed by atoms with E-state index < -0.39 is 4.92 Å². The summed E-state index contributed by atoms with van der Waals surface area (Å²) >= 11 is 2.25. The predicted molar refractivity (Wildman–Crippen MR) is 105 cm³/mol. The first-order chi connectivity index (χ1) is 13.5. The molecule has 28 heavy (non-hydrogen) atoms. The molecule has 10 heteroatoms. The maximum absolute atomic E-state index is 13.2. The van der Waals surface area contributed by atoms with E-state index in [0.717, 1.165) is 11.8 Å². The number of hydrogen-bond acceptors (Lipinski definition) is 7. The van der Waals surface area contributed by atoms with Crippen LogP contribution < -0.4 is 5.56 Å². The van der Waals surface area contributed by atoms with Gasteiger partial charge < -0.3 is 0 Å². The Bertz CT molecular complexity index is 1270. The van der Waals surface area contributed by atoms with Crippen LogP contribution in [0.5, 0.6) is 0 Å². The van der Waals surface area contributed by atoms with Gasteiger partial charge in [0, 0.05) is 30.3 Å². The zero-order chi connectivity index (χ0) is 19.8. The first-order valence-corrected chi connectivity index (χ1v) is 9.66. The number of nitro groups is 1. The molecule has 0 amide bonds. The number of nitrogens with zero attached hydrogens (tertiary/aromatic N) is 4. The fourth-order valence-electron chi connectivity index (χ4n) is 2.67. The van der Waals surface area contributed by atoms with Crippen LogP contribution in [0.3, 0.4) is 0 Å². The van der Waals surface area contributed by atoms with Gasteiger partial charge in [-0.3, -0.25) is 19.5 Å². The van der Waals surface area contributed by atoms with Crippen LogP contribution in [-0.2, 0) is 7.05 Å². The highest BCUT2D eigenvalue weighted by atomic mass is 32.2. The highest BCUT2D eigenvalue weighted by Gasteiger charge is 2.20. The van der Waals surface area contributed by atoms with Crippen molar-refractivity contribution in [2.24, 2.45) is 7.05 Å². The van der Waals surface area contributed by atoms with E-state index in [0.29, 0.717) is 26.5 Å². The topological polar surface area (TPSA) is 90.9 Å². The smallest absolute Gasteiger partial charge is 0.290 e. The molecule has 0 saturated heterocycles. The molecule has 140 valence electrons. The molecule has 4 aromatic rings. The van der Waals surface area contributed by atoms with Crippen molar-refractivity contribution in [1.82, 2.24) is 14.5 Å². The zero-order valence-electron chi connectivity index (χ0n) is 14.3. The monoisotopic (exact) mass is 414 g/mol. The van der Waals surface area contributed by atoms with E-state index in [1.807, 2.05) is 0 Å². The highest BCUT2D eigenvalue weighted by molar-refractivity contribution is 7.99. The second-order valence-electron chi connectivity index (χ2n) is 5.78. The summed E-state index contributed by atoms with van der Waals surface area (Å²) in [6, 6.07) is 8.71. The van der Waals surface area contributed by atoms with Crippen LogP contribution in [0.1, 0.15) is 0 Å². The Balaban J connectivity index is 1.83. The third-order valence-corrected chi connectivity index (χ3v) is 5.99. The van der Waals surface area contributed by atoms with Gasteiger partial charge in [0.15, 0.2) is 10.2 Å². The van der Waals surface area contributed by atoms with Gasteiger partial charge in [0.05, 0.1) is 10.3 Å². The lowest BCUT2D eigenvalue weighted by Crippen LogP contribution is -2.19. The van der Waals surface area contributed by atoms with Gasteiger partial charge in [-0.05, 0) is 35.5 Å². The maximum Gasteiger partial charge on any atom is 0.301 e. The molecule has 0 fully saturated rings. The summed E-state index contributed by atoms with van der Waals surface area (Å²) < 4.78 is 14.5. The van der Waals surface area contributed by atoms with Crippen molar-refractivity contribution in [3.8, 4) is 11.1 Å². The van der Waals surface area contributed by atoms with Gasteiger partial charge in [0.2, 0.25) is 0 Å². The van der Waals surface area contributed by atoms with Gasteiger partial charge in [-0.2, -0.15) is 0 Å². The number of fused-ring (bicyclic) bond motifs is 1. The van der Waals surface area contributed by atoms with E-state index in [1.165, 1.54) is 46.4 Å². The maximum atomic E-state index is 13.2. The van der Waals surface area contributed by atoms with Crippen molar-refractivity contribution >= 4 is 39.0 Å². The third-order valence-electron chi connectivity index (χ3n) is 4.07. The number of pyridine rings is 1. The average Bonchev–Trinajstić information content (AvgIpc) is 3.10. The quantitative estimate of drug-likeness (QED) is 0.282. The van der Waals surface area contributed by atoms with Crippen LogP contribution in [0, 0.1) is 15.9 Å². The molecule has 0 saturated carbocycles. The van der Waals surface area contributed by atoms with Gasteiger partial charge >= 0.3 is 5.69 Å². The molecule has 0 aliphatic carbocycles. The highest BCUT2D eigenvalue weighted by Crippen LogP contribution is 2.35. The van der Waals surface area contributed by atoms with E-state index in [1.54, 1.807) is 24.6 Å². The predicted octanol–water partition coefficient (Wildman–Crippen LogP) is 4.26. The molecule has 0 aliphatic heterocycles. The van der Waals surface area contributed by atoms with Crippen LogP contribution >= 0.6 is 23.1 Å². The largest absolute Gasteiger partial charge is 0.301 e. The molecule has 3 heterocycles. The lowest BCUT2D eigenvalue weighted by atomic mass is 10.1. The second-order valence-corrected chi connectivity index (χ2v) is 7.60. The molecule has 0 aliphatic rings. The molecule has 0 N–H and O–H groups in total. The summed E-state index contributed by atoms with van der Waals surface area (Å²) in [7, 11) is 1.55. The van der Waals surface area contributed by atoms with Crippen molar-refractivity contribution in [2.75, 3.05) is 0 Å². The average molecular weight is 414 g/mol. The van der Waals surface area contributed by atoms with Gasteiger partial charge in [0.25, 0.3) is 5.56 Å². The van der Waals surface area contributed by atoms with Gasteiger partial charge in [-0.1, -0.05) is 12.1 Å². The van der Waals surface area contributed by atoms with Crippen molar-refractivity contribution in [2.45, 2.75) is 10.2 Å². The second kappa shape index (κ2) is 7.13. The normalized spacial score (nSPS) is 11.1. The Morgan fingerprint density at radius 1 is 1.25 bits per heavy atom. The molecule has 0 atom stereocenters. The molecule has 4 rings (SSSR count). The summed E-state index contributed by atoms with van der Waals surface area (Å²) in [5.74, 6) is -0.357. The number of thiophene rings is 1. The minimum absolute atomic E-state index is 0.153. The van der Waals surface area contributed by atoms with E-state index in [-0.39, 0.29) is 22.1 Å².